The molecule has 11 heteroatoms. The van der Waals surface area contributed by atoms with Crippen LogP contribution in [-0.2, 0) is 14.3 Å². The molecule has 0 atom stereocenters. The number of hydrogen-bond donors (Lipinski definition) is 3. The van der Waals surface area contributed by atoms with Crippen LogP contribution < -0.4 is 16.4 Å². The van der Waals surface area contributed by atoms with E-state index in [4.69, 9.17) is 45.3 Å². The number of aromatic nitrogens is 1. The van der Waals surface area contributed by atoms with Crippen LogP contribution in [0.25, 0.3) is 0 Å². The highest BCUT2D eigenvalue weighted by atomic mass is 35.5. The summed E-state index contributed by atoms with van der Waals surface area (Å²) in [5, 5.41) is 4.60. The van der Waals surface area contributed by atoms with Gasteiger partial charge >= 0.3 is 5.97 Å². The minimum Gasteiger partial charge on any atom is -0.451 e. The molecule has 4 N–H and O–H groups in total. The van der Waals surface area contributed by atoms with E-state index >= 15 is 0 Å². The minimum atomic E-state index is -0.985. The molecule has 0 radical (unpaired) electrons. The Morgan fingerprint density at radius 2 is 1.59 bits per heavy atom. The first-order valence-corrected chi connectivity index (χ1v) is 8.47. The summed E-state index contributed by atoms with van der Waals surface area (Å²) in [4.78, 5) is 38.6. The Morgan fingerprint density at radius 3 is 2.15 bits per heavy atom. The van der Waals surface area contributed by atoms with E-state index in [1.807, 2.05) is 0 Å². The van der Waals surface area contributed by atoms with Crippen LogP contribution in [-0.4, -0.2) is 29.4 Å². The highest BCUT2D eigenvalue weighted by Crippen LogP contribution is 2.34. The topological polar surface area (TPSA) is 123 Å². The van der Waals surface area contributed by atoms with Gasteiger partial charge in [-0.15, -0.1) is 0 Å². The fourth-order valence-electron chi connectivity index (χ4n) is 1.90. The van der Waals surface area contributed by atoms with E-state index in [1.54, 1.807) is 24.3 Å². The Bertz CT molecular complexity index is 904. The number of benzene rings is 1. The fraction of sp³-hybridized carbons (Fsp3) is 0.125. The van der Waals surface area contributed by atoms with Crippen LogP contribution in [0, 0.1) is 0 Å². The average Bonchev–Trinajstić information content (AvgIpc) is 2.62. The van der Waals surface area contributed by atoms with Crippen molar-refractivity contribution in [3.63, 3.8) is 0 Å². The molecule has 2 amide bonds. The SMILES string of the molecule is CC(=O)Nc1ccc(NC(=O)COC(=O)c2nc(Cl)c(Cl)c(N)c2Cl)cc1. The third kappa shape index (κ3) is 5.46. The molecule has 0 aliphatic heterocycles. The van der Waals surface area contributed by atoms with Crippen molar-refractivity contribution >= 4 is 69.6 Å². The number of pyridine rings is 1. The molecule has 1 heterocycles. The number of carbonyl (C=O) groups is 3. The van der Waals surface area contributed by atoms with Gasteiger partial charge < -0.3 is 21.1 Å². The van der Waals surface area contributed by atoms with E-state index < -0.39 is 18.5 Å². The molecular formula is C16H13Cl3N4O4. The van der Waals surface area contributed by atoms with Gasteiger partial charge in [-0.1, -0.05) is 34.8 Å². The number of rotatable bonds is 5. The van der Waals surface area contributed by atoms with Crippen LogP contribution in [0.2, 0.25) is 15.2 Å². The molecule has 0 spiro atoms. The predicted molar refractivity (Wildman–Crippen MR) is 103 cm³/mol. The van der Waals surface area contributed by atoms with Gasteiger partial charge in [-0.25, -0.2) is 9.78 Å². The summed E-state index contributed by atoms with van der Waals surface area (Å²) >= 11 is 17.4. The number of amides is 2. The summed E-state index contributed by atoms with van der Waals surface area (Å²) in [6, 6.07) is 6.35. The number of ether oxygens (including phenoxy) is 1. The molecule has 0 saturated heterocycles. The van der Waals surface area contributed by atoms with Gasteiger partial charge in [0, 0.05) is 18.3 Å². The zero-order valence-corrected chi connectivity index (χ0v) is 16.1. The molecule has 8 nitrogen and oxygen atoms in total. The molecule has 0 saturated carbocycles. The van der Waals surface area contributed by atoms with Crippen LogP contribution in [0.5, 0.6) is 0 Å². The van der Waals surface area contributed by atoms with Gasteiger partial charge in [0.2, 0.25) is 5.91 Å². The highest BCUT2D eigenvalue weighted by molar-refractivity contribution is 6.46. The first-order chi connectivity index (χ1) is 12.7. The second-order valence-corrected chi connectivity index (χ2v) is 6.29. The number of nitrogen functional groups attached to an aromatic ring is 1. The number of carbonyl (C=O) groups excluding carboxylic acids is 3. The van der Waals surface area contributed by atoms with Gasteiger partial charge in [0.25, 0.3) is 5.91 Å². The van der Waals surface area contributed by atoms with E-state index in [0.29, 0.717) is 11.4 Å². The lowest BCUT2D eigenvalue weighted by atomic mass is 10.2. The summed E-state index contributed by atoms with van der Waals surface area (Å²) in [5.74, 6) is -1.80. The van der Waals surface area contributed by atoms with Crippen molar-refractivity contribution in [2.75, 3.05) is 23.0 Å². The van der Waals surface area contributed by atoms with Gasteiger partial charge in [0.05, 0.1) is 10.7 Å². The Kier molecular flexibility index (Phi) is 6.84. The van der Waals surface area contributed by atoms with Crippen LogP contribution in [0.15, 0.2) is 24.3 Å². The van der Waals surface area contributed by atoms with Crippen molar-refractivity contribution in [1.82, 2.24) is 4.98 Å². The fourth-order valence-corrected chi connectivity index (χ4v) is 2.49. The van der Waals surface area contributed by atoms with Crippen LogP contribution in [0.4, 0.5) is 17.1 Å². The van der Waals surface area contributed by atoms with E-state index in [2.05, 4.69) is 15.6 Å². The molecule has 2 aromatic rings. The van der Waals surface area contributed by atoms with E-state index in [0.717, 1.165) is 0 Å². The van der Waals surface area contributed by atoms with Gasteiger partial charge in [-0.2, -0.15) is 0 Å². The third-order valence-corrected chi connectivity index (χ3v) is 4.22. The summed E-state index contributed by atoms with van der Waals surface area (Å²) in [6.07, 6.45) is 0. The number of nitrogens with two attached hydrogens (primary N) is 1. The molecule has 27 heavy (non-hydrogen) atoms. The number of nitrogens with zero attached hydrogens (tertiary/aromatic N) is 1. The molecule has 1 aromatic carbocycles. The first-order valence-electron chi connectivity index (χ1n) is 7.33. The van der Waals surface area contributed by atoms with E-state index in [1.165, 1.54) is 6.92 Å². The Labute approximate surface area is 168 Å². The van der Waals surface area contributed by atoms with Crippen molar-refractivity contribution in [2.24, 2.45) is 0 Å². The zero-order valence-electron chi connectivity index (χ0n) is 13.8. The molecule has 0 fully saturated rings. The number of nitrogens with one attached hydrogen (secondary N) is 2. The minimum absolute atomic E-state index is 0.0846. The molecule has 0 unspecified atom stereocenters. The van der Waals surface area contributed by atoms with Crippen LogP contribution in [0.1, 0.15) is 17.4 Å². The normalized spacial score (nSPS) is 10.2. The van der Waals surface area contributed by atoms with Gasteiger partial charge in [-0.05, 0) is 24.3 Å². The highest BCUT2D eigenvalue weighted by Gasteiger charge is 2.21. The van der Waals surface area contributed by atoms with Gasteiger partial charge in [0.1, 0.15) is 5.02 Å². The van der Waals surface area contributed by atoms with Crippen LogP contribution in [0.3, 0.4) is 0 Å². The van der Waals surface area contributed by atoms with Gasteiger partial charge in [-0.3, -0.25) is 9.59 Å². The molecule has 0 aliphatic rings. The third-order valence-electron chi connectivity index (χ3n) is 3.09. The molecule has 0 bridgehead atoms. The molecule has 142 valence electrons. The van der Waals surface area contributed by atoms with E-state index in [-0.39, 0.29) is 32.5 Å². The largest absolute Gasteiger partial charge is 0.451 e. The van der Waals surface area contributed by atoms with E-state index in [9.17, 15) is 14.4 Å². The smallest absolute Gasteiger partial charge is 0.359 e. The second-order valence-electron chi connectivity index (χ2n) is 5.18. The monoisotopic (exact) mass is 430 g/mol. The molecule has 0 aliphatic carbocycles. The Morgan fingerprint density at radius 1 is 1.04 bits per heavy atom. The van der Waals surface area contributed by atoms with Crippen molar-refractivity contribution in [3.8, 4) is 0 Å². The van der Waals surface area contributed by atoms with Gasteiger partial charge in [0.15, 0.2) is 17.5 Å². The van der Waals surface area contributed by atoms with Crippen molar-refractivity contribution in [3.05, 3.63) is 45.2 Å². The predicted octanol–water partition coefficient (Wildman–Crippen LogP) is 3.38. The average molecular weight is 432 g/mol. The number of anilines is 3. The standard InChI is InChI=1S/C16H13Cl3N4O4/c1-7(24)21-8-2-4-9(5-3-8)22-10(25)6-27-16(26)14-11(17)13(20)12(18)15(19)23-14/h2-5H,6H2,1H3,(H2,20,23)(H,21,24)(H,22,25). The zero-order chi connectivity index (χ0) is 20.1. The Hall–Kier alpha value is -2.55. The maximum atomic E-state index is 12.0. The lowest BCUT2D eigenvalue weighted by molar-refractivity contribution is -0.119. The summed E-state index contributed by atoms with van der Waals surface area (Å²) in [6.45, 7) is 0.789. The number of esters is 1. The maximum Gasteiger partial charge on any atom is 0.359 e. The summed E-state index contributed by atoms with van der Waals surface area (Å²) in [5.41, 5.74) is 6.17. The van der Waals surface area contributed by atoms with Crippen molar-refractivity contribution in [2.45, 2.75) is 6.92 Å². The summed E-state index contributed by atoms with van der Waals surface area (Å²) < 4.78 is 4.86. The second kappa shape index (κ2) is 8.90. The van der Waals surface area contributed by atoms with Crippen molar-refractivity contribution < 1.29 is 19.1 Å². The lowest BCUT2D eigenvalue weighted by Crippen LogP contribution is -2.21. The molecule has 2 rings (SSSR count). The number of hydrogen-bond acceptors (Lipinski definition) is 6. The van der Waals surface area contributed by atoms with Crippen molar-refractivity contribution in [1.29, 1.82) is 0 Å². The molecular weight excluding hydrogens is 419 g/mol. The van der Waals surface area contributed by atoms with Crippen LogP contribution >= 0.6 is 34.8 Å². The number of halogens is 3. The summed E-state index contributed by atoms with van der Waals surface area (Å²) in [7, 11) is 0. The Balaban J connectivity index is 1.96. The first kappa shape index (κ1) is 20.8. The quantitative estimate of drug-likeness (QED) is 0.492. The lowest BCUT2D eigenvalue weighted by Gasteiger charge is -2.10. The molecule has 1 aromatic heterocycles. The maximum absolute atomic E-state index is 12.0.